The number of nitrogens with zero attached hydrogens (tertiary/aromatic N) is 5. The number of fused-ring (bicyclic) bond motifs is 1. The fraction of sp³-hybridized carbons (Fsp3) is 0.405. The van der Waals surface area contributed by atoms with E-state index in [2.05, 4.69) is 30.6 Å². The average Bonchev–Trinajstić information content (AvgIpc) is 4.04. The van der Waals surface area contributed by atoms with Crippen LogP contribution in [0.15, 0.2) is 61.1 Å². The first-order valence-corrected chi connectivity index (χ1v) is 19.4. The number of nitrogens with one attached hydrogen (secondary N) is 4. The van der Waals surface area contributed by atoms with Gasteiger partial charge in [-0.15, -0.1) is 0 Å². The average molecular weight is 778 g/mol. The van der Waals surface area contributed by atoms with Gasteiger partial charge >= 0.3 is 6.09 Å². The van der Waals surface area contributed by atoms with Gasteiger partial charge in [-0.05, 0) is 61.3 Å². The zero-order valence-corrected chi connectivity index (χ0v) is 32.7. The van der Waals surface area contributed by atoms with Gasteiger partial charge in [-0.1, -0.05) is 52.0 Å². The van der Waals surface area contributed by atoms with E-state index in [0.29, 0.717) is 65.5 Å². The molecule has 15 heteroatoms. The molecular weight excluding hydrogens is 730 g/mol. The summed E-state index contributed by atoms with van der Waals surface area (Å²) in [5, 5.41) is 6.20. The van der Waals surface area contributed by atoms with Crippen LogP contribution in [0.1, 0.15) is 77.1 Å². The summed E-state index contributed by atoms with van der Waals surface area (Å²) >= 11 is 0. The summed E-state index contributed by atoms with van der Waals surface area (Å²) in [6, 6.07) is 10.8. The number of benzene rings is 2. The molecule has 0 bridgehead atoms. The summed E-state index contributed by atoms with van der Waals surface area (Å²) in [7, 11) is 1.26. The molecule has 2 aliphatic heterocycles. The number of ether oxygens (including phenoxy) is 1. The van der Waals surface area contributed by atoms with Crippen molar-refractivity contribution >= 4 is 35.2 Å². The van der Waals surface area contributed by atoms with E-state index in [1.165, 1.54) is 13.2 Å². The molecule has 14 nitrogen and oxygen atoms in total. The molecule has 4 amide bonds. The molecule has 4 atom stereocenters. The van der Waals surface area contributed by atoms with Gasteiger partial charge in [0.15, 0.2) is 0 Å². The Hall–Kier alpha value is -6.12. The Kier molecular flexibility index (Phi) is 11.4. The van der Waals surface area contributed by atoms with E-state index in [-0.39, 0.29) is 35.7 Å². The predicted octanol–water partition coefficient (Wildman–Crippen LogP) is 6.30. The number of halogens is 1. The van der Waals surface area contributed by atoms with Crippen LogP contribution in [0.5, 0.6) is 0 Å². The molecule has 2 fully saturated rings. The molecule has 298 valence electrons. The standard InChI is InChI=1S/C42H48FN9O5/c1-23(2)36(47-22-53)40(54)51-14-6-8-34(51)39-46-21-33(49-39)28-16-26-11-10-25(18-31(26)44-19-28)29-13-12-27(17-30(29)43)32-20-45-38(48-32)35-9-7-15-52(35)41(55)37(24(3)4)50-42(56)57-5/h10-13,16-24,34-37H,6-9,14-15H2,1-5H3,(H,45,48)(H,46,49)(H,47,53)(H,50,56)/t34-,35-,36-,37-/m0/s1. The number of alkyl carbamates (subject to hydrolysis) is 1. The maximum Gasteiger partial charge on any atom is 0.407 e. The highest BCUT2D eigenvalue weighted by Gasteiger charge is 2.38. The number of methoxy groups -OCH3 is 1. The first-order valence-electron chi connectivity index (χ1n) is 19.4. The fourth-order valence-electron chi connectivity index (χ4n) is 7.97. The SMILES string of the molecule is COC(=O)N[C@H](C(=O)N1CCC[C@H]1c1ncc(-c2ccc(-c3ccc4cc(-c5cnc([C@@H]6CCCN6C(=O)[C@@H](NC=O)C(C)C)[nH]5)cnc4c3)c(F)c2)[nH]1)C(C)C. The van der Waals surface area contributed by atoms with Crippen LogP contribution in [-0.2, 0) is 19.1 Å². The molecule has 2 aliphatic rings. The number of pyridine rings is 1. The fourth-order valence-corrected chi connectivity index (χ4v) is 7.97. The van der Waals surface area contributed by atoms with Crippen LogP contribution in [0.4, 0.5) is 9.18 Å². The van der Waals surface area contributed by atoms with E-state index >= 15 is 4.39 Å². The highest BCUT2D eigenvalue weighted by atomic mass is 19.1. The van der Waals surface area contributed by atoms with E-state index < -0.39 is 24.0 Å². The summed E-state index contributed by atoms with van der Waals surface area (Å²) in [6.45, 7) is 8.68. The third-order valence-corrected chi connectivity index (χ3v) is 11.1. The van der Waals surface area contributed by atoms with Gasteiger partial charge in [0.2, 0.25) is 18.2 Å². The van der Waals surface area contributed by atoms with Crippen molar-refractivity contribution in [2.24, 2.45) is 11.8 Å². The van der Waals surface area contributed by atoms with Crippen LogP contribution in [0, 0.1) is 17.7 Å². The Morgan fingerprint density at radius 3 is 1.96 bits per heavy atom. The minimum absolute atomic E-state index is 0.0507. The number of carbonyl (C=O) groups is 4. The zero-order chi connectivity index (χ0) is 40.4. The van der Waals surface area contributed by atoms with E-state index in [1.807, 2.05) is 58.0 Å². The van der Waals surface area contributed by atoms with Crippen molar-refractivity contribution in [2.45, 2.75) is 77.5 Å². The first-order chi connectivity index (χ1) is 27.5. The number of H-pyrrole nitrogens is 2. The second-order valence-corrected chi connectivity index (χ2v) is 15.4. The summed E-state index contributed by atoms with van der Waals surface area (Å²) < 4.78 is 20.5. The van der Waals surface area contributed by atoms with Crippen LogP contribution in [0.2, 0.25) is 0 Å². The van der Waals surface area contributed by atoms with Crippen molar-refractivity contribution in [2.75, 3.05) is 20.2 Å². The molecule has 0 radical (unpaired) electrons. The Balaban J connectivity index is 1.05. The second-order valence-electron chi connectivity index (χ2n) is 15.4. The minimum Gasteiger partial charge on any atom is -0.453 e. The number of hydrogen-bond acceptors (Lipinski definition) is 8. The van der Waals surface area contributed by atoms with Gasteiger partial charge in [0.1, 0.15) is 29.5 Å². The maximum atomic E-state index is 15.8. The van der Waals surface area contributed by atoms with Gasteiger partial charge in [0.05, 0.1) is 48.5 Å². The van der Waals surface area contributed by atoms with Gasteiger partial charge in [-0.25, -0.2) is 19.2 Å². The smallest absolute Gasteiger partial charge is 0.407 e. The molecular formula is C42H48FN9O5. The summed E-state index contributed by atoms with van der Waals surface area (Å²) in [5.41, 5.74) is 4.63. The third kappa shape index (κ3) is 7.96. The van der Waals surface area contributed by atoms with Crippen molar-refractivity contribution in [3.05, 3.63) is 78.5 Å². The summed E-state index contributed by atoms with van der Waals surface area (Å²) in [4.78, 5) is 74.2. The van der Waals surface area contributed by atoms with Gasteiger partial charge in [0, 0.05) is 41.4 Å². The third-order valence-electron chi connectivity index (χ3n) is 11.1. The molecule has 5 aromatic rings. The van der Waals surface area contributed by atoms with Crippen molar-refractivity contribution in [3.8, 4) is 33.6 Å². The number of aromatic amines is 2. The van der Waals surface area contributed by atoms with Crippen LogP contribution in [0.3, 0.4) is 0 Å². The van der Waals surface area contributed by atoms with Crippen LogP contribution < -0.4 is 10.6 Å². The molecule has 2 aromatic carbocycles. The largest absolute Gasteiger partial charge is 0.453 e. The molecule has 5 heterocycles. The van der Waals surface area contributed by atoms with Gasteiger partial charge in [-0.3, -0.25) is 19.4 Å². The van der Waals surface area contributed by atoms with Gasteiger partial charge < -0.3 is 35.1 Å². The van der Waals surface area contributed by atoms with Gasteiger partial charge in [0.25, 0.3) is 0 Å². The summed E-state index contributed by atoms with van der Waals surface area (Å²) in [6.07, 6.45) is 8.16. The molecule has 2 saturated heterocycles. The second kappa shape index (κ2) is 16.5. The lowest BCUT2D eigenvalue weighted by Gasteiger charge is -2.30. The topological polar surface area (TPSA) is 178 Å². The van der Waals surface area contributed by atoms with Crippen molar-refractivity contribution in [3.63, 3.8) is 0 Å². The number of imidazole rings is 2. The Morgan fingerprint density at radius 2 is 1.39 bits per heavy atom. The summed E-state index contributed by atoms with van der Waals surface area (Å²) in [5.74, 6) is 0.370. The van der Waals surface area contributed by atoms with Crippen molar-refractivity contribution < 1.29 is 28.3 Å². The predicted molar refractivity (Wildman–Crippen MR) is 212 cm³/mol. The molecule has 0 spiro atoms. The highest BCUT2D eigenvalue weighted by Crippen LogP contribution is 2.36. The normalized spacial score (nSPS) is 18.0. The monoisotopic (exact) mass is 777 g/mol. The van der Waals surface area contributed by atoms with E-state index in [4.69, 9.17) is 9.72 Å². The highest BCUT2D eigenvalue weighted by molar-refractivity contribution is 5.88. The number of rotatable bonds is 12. The van der Waals surface area contributed by atoms with Crippen LogP contribution in [0.25, 0.3) is 44.5 Å². The molecule has 0 aliphatic carbocycles. The molecule has 0 saturated carbocycles. The molecule has 7 rings (SSSR count). The van der Waals surface area contributed by atoms with Crippen LogP contribution in [-0.4, -0.2) is 91.3 Å². The molecule has 3 aromatic heterocycles. The number of aromatic nitrogens is 5. The Morgan fingerprint density at radius 1 is 0.789 bits per heavy atom. The van der Waals surface area contributed by atoms with E-state index in [0.717, 1.165) is 35.9 Å². The molecule has 0 unspecified atom stereocenters. The Bertz CT molecular complexity index is 2290. The Labute approximate surface area is 330 Å². The lowest BCUT2D eigenvalue weighted by molar-refractivity contribution is -0.137. The molecule has 57 heavy (non-hydrogen) atoms. The number of carbonyl (C=O) groups excluding carboxylic acids is 4. The quantitative estimate of drug-likeness (QED) is 0.107. The maximum absolute atomic E-state index is 15.8. The van der Waals surface area contributed by atoms with Gasteiger partial charge in [-0.2, -0.15) is 0 Å². The van der Waals surface area contributed by atoms with E-state index in [1.54, 1.807) is 34.5 Å². The molecule has 4 N–H and O–H groups in total. The first kappa shape index (κ1) is 39.1. The lowest BCUT2D eigenvalue weighted by Crippen LogP contribution is -2.51. The van der Waals surface area contributed by atoms with Crippen LogP contribution >= 0.6 is 0 Å². The number of likely N-dealkylation sites (tertiary alicyclic amines) is 2. The lowest BCUT2D eigenvalue weighted by atomic mass is 10.00. The minimum atomic E-state index is -0.740. The number of amides is 4. The zero-order valence-electron chi connectivity index (χ0n) is 32.7. The van der Waals surface area contributed by atoms with Crippen molar-refractivity contribution in [1.82, 2.24) is 45.4 Å². The number of hydrogen-bond donors (Lipinski definition) is 4. The van der Waals surface area contributed by atoms with E-state index in [9.17, 15) is 19.2 Å². The van der Waals surface area contributed by atoms with Crippen molar-refractivity contribution in [1.29, 1.82) is 0 Å².